The Kier molecular flexibility index (Phi) is 7.30. The van der Waals surface area contributed by atoms with Crippen molar-refractivity contribution < 1.29 is 28.2 Å². The lowest BCUT2D eigenvalue weighted by atomic mass is 10.1. The molecular formula is C13H19NO6S. The topological polar surface area (TPSA) is 113 Å². The van der Waals surface area contributed by atoms with Gasteiger partial charge in [0.05, 0.1) is 24.7 Å². The fourth-order valence-corrected chi connectivity index (χ4v) is 2.60. The van der Waals surface area contributed by atoms with Gasteiger partial charge in [-0.1, -0.05) is 12.1 Å². The van der Waals surface area contributed by atoms with Gasteiger partial charge in [-0.2, -0.15) is 0 Å². The number of aliphatic carboxylic acids is 1. The highest BCUT2D eigenvalue weighted by Crippen LogP contribution is 2.11. The first kappa shape index (κ1) is 17.6. The number of benzene rings is 1. The van der Waals surface area contributed by atoms with Gasteiger partial charge in [-0.15, -0.1) is 0 Å². The highest BCUT2D eigenvalue weighted by atomic mass is 32.2. The van der Waals surface area contributed by atoms with E-state index in [4.69, 9.17) is 14.9 Å². The molecule has 0 aliphatic carbocycles. The standard InChI is InChI=1S/C13H19NO6S/c15-8-10-20-9-7-14-21(18,19)12-4-1-11(2-5-12)3-6-13(16)17/h1-2,4-5,14-15H,3,6-10H2,(H,16,17). The van der Waals surface area contributed by atoms with Gasteiger partial charge in [0.25, 0.3) is 0 Å². The predicted octanol–water partition coefficient (Wildman–Crippen LogP) is -0.00900. The second-order valence-corrected chi connectivity index (χ2v) is 6.04. The first-order valence-corrected chi connectivity index (χ1v) is 7.93. The summed E-state index contributed by atoms with van der Waals surface area (Å²) in [5.41, 5.74) is 0.766. The Hall–Kier alpha value is -1.48. The number of carbonyl (C=O) groups is 1. The highest BCUT2D eigenvalue weighted by Gasteiger charge is 2.13. The van der Waals surface area contributed by atoms with Crippen molar-refractivity contribution in [3.63, 3.8) is 0 Å². The summed E-state index contributed by atoms with van der Waals surface area (Å²) >= 11 is 0. The van der Waals surface area contributed by atoms with Gasteiger partial charge in [0.1, 0.15) is 0 Å². The van der Waals surface area contributed by atoms with Gasteiger partial charge in [-0.25, -0.2) is 13.1 Å². The van der Waals surface area contributed by atoms with Gasteiger partial charge in [-0.05, 0) is 24.1 Å². The van der Waals surface area contributed by atoms with Crippen molar-refractivity contribution in [2.45, 2.75) is 17.7 Å². The van der Waals surface area contributed by atoms with Gasteiger partial charge in [0.2, 0.25) is 10.0 Å². The second kappa shape index (κ2) is 8.73. The van der Waals surface area contributed by atoms with Crippen LogP contribution in [0.2, 0.25) is 0 Å². The zero-order chi connectivity index (χ0) is 15.7. The van der Waals surface area contributed by atoms with E-state index in [2.05, 4.69) is 4.72 Å². The van der Waals surface area contributed by atoms with Crippen molar-refractivity contribution in [1.82, 2.24) is 4.72 Å². The van der Waals surface area contributed by atoms with Crippen molar-refractivity contribution in [3.8, 4) is 0 Å². The van der Waals surface area contributed by atoms with Crippen LogP contribution in [0.3, 0.4) is 0 Å². The molecule has 0 aliphatic rings. The number of aryl methyl sites for hydroxylation is 1. The van der Waals surface area contributed by atoms with E-state index in [0.29, 0.717) is 6.42 Å². The average Bonchev–Trinajstić information content (AvgIpc) is 2.45. The van der Waals surface area contributed by atoms with E-state index in [-0.39, 0.29) is 37.7 Å². The van der Waals surface area contributed by atoms with Crippen LogP contribution in [-0.2, 0) is 26.0 Å². The van der Waals surface area contributed by atoms with E-state index in [0.717, 1.165) is 5.56 Å². The van der Waals surface area contributed by atoms with Crippen molar-refractivity contribution in [2.75, 3.05) is 26.4 Å². The largest absolute Gasteiger partial charge is 0.481 e. The van der Waals surface area contributed by atoms with Crippen molar-refractivity contribution >= 4 is 16.0 Å². The van der Waals surface area contributed by atoms with E-state index in [9.17, 15) is 13.2 Å². The molecular weight excluding hydrogens is 298 g/mol. The molecule has 1 aromatic carbocycles. The summed E-state index contributed by atoms with van der Waals surface area (Å²) in [7, 11) is -3.60. The van der Waals surface area contributed by atoms with Gasteiger partial charge in [0.15, 0.2) is 0 Å². The molecule has 0 heterocycles. The third kappa shape index (κ3) is 6.67. The van der Waals surface area contributed by atoms with E-state index in [1.54, 1.807) is 12.1 Å². The lowest BCUT2D eigenvalue weighted by Crippen LogP contribution is -2.27. The smallest absolute Gasteiger partial charge is 0.303 e. The number of carboxylic acid groups (broad SMARTS) is 1. The van der Waals surface area contributed by atoms with Crippen molar-refractivity contribution in [1.29, 1.82) is 0 Å². The van der Waals surface area contributed by atoms with Crippen LogP contribution in [0.15, 0.2) is 29.2 Å². The van der Waals surface area contributed by atoms with Crippen LogP contribution in [-0.4, -0.2) is 51.0 Å². The summed E-state index contributed by atoms with van der Waals surface area (Å²) in [6, 6.07) is 6.07. The fraction of sp³-hybridized carbons (Fsp3) is 0.462. The molecule has 118 valence electrons. The molecule has 0 radical (unpaired) electrons. The van der Waals surface area contributed by atoms with Crippen LogP contribution in [0.5, 0.6) is 0 Å². The molecule has 0 fully saturated rings. The highest BCUT2D eigenvalue weighted by molar-refractivity contribution is 7.89. The summed E-state index contributed by atoms with van der Waals surface area (Å²) in [6.07, 6.45) is 0.366. The molecule has 0 unspecified atom stereocenters. The van der Waals surface area contributed by atoms with Crippen LogP contribution < -0.4 is 4.72 Å². The molecule has 0 atom stereocenters. The molecule has 7 nitrogen and oxygen atoms in total. The van der Waals surface area contributed by atoms with E-state index >= 15 is 0 Å². The van der Waals surface area contributed by atoms with Crippen LogP contribution in [0.1, 0.15) is 12.0 Å². The van der Waals surface area contributed by atoms with Crippen molar-refractivity contribution in [3.05, 3.63) is 29.8 Å². The molecule has 1 rings (SSSR count). The average molecular weight is 317 g/mol. The molecule has 0 spiro atoms. The minimum Gasteiger partial charge on any atom is -0.481 e. The summed E-state index contributed by atoms with van der Waals surface area (Å²) < 4.78 is 31.2. The maximum atomic E-state index is 11.9. The van der Waals surface area contributed by atoms with Gasteiger partial charge in [-0.3, -0.25) is 4.79 Å². The molecule has 0 bridgehead atoms. The maximum absolute atomic E-state index is 11.9. The van der Waals surface area contributed by atoms with Crippen molar-refractivity contribution in [2.24, 2.45) is 0 Å². The summed E-state index contributed by atoms with van der Waals surface area (Å²) in [4.78, 5) is 10.6. The number of sulfonamides is 1. The normalized spacial score (nSPS) is 11.5. The molecule has 0 amide bonds. The summed E-state index contributed by atoms with van der Waals surface area (Å²) in [5.74, 6) is -0.892. The van der Waals surface area contributed by atoms with Gasteiger partial charge in [0, 0.05) is 13.0 Å². The number of aliphatic hydroxyl groups is 1. The first-order valence-electron chi connectivity index (χ1n) is 6.44. The zero-order valence-electron chi connectivity index (χ0n) is 11.5. The van der Waals surface area contributed by atoms with Gasteiger partial charge >= 0.3 is 5.97 Å². The fourth-order valence-electron chi connectivity index (χ4n) is 1.58. The molecule has 8 heteroatoms. The quantitative estimate of drug-likeness (QED) is 0.523. The maximum Gasteiger partial charge on any atom is 0.303 e. The zero-order valence-corrected chi connectivity index (χ0v) is 12.3. The number of hydrogen-bond donors (Lipinski definition) is 3. The SMILES string of the molecule is O=C(O)CCc1ccc(S(=O)(=O)NCCOCCO)cc1. The Bertz CT molecular complexity index is 540. The summed E-state index contributed by atoms with van der Waals surface area (Å²) in [5, 5.41) is 17.1. The minimum absolute atomic E-state index is 0.00649. The van der Waals surface area contributed by atoms with Crippen LogP contribution in [0.25, 0.3) is 0 Å². The van der Waals surface area contributed by atoms with Gasteiger partial charge < -0.3 is 14.9 Å². The van der Waals surface area contributed by atoms with E-state index < -0.39 is 16.0 Å². The Morgan fingerprint density at radius 3 is 2.43 bits per heavy atom. The minimum atomic E-state index is -3.60. The molecule has 0 aromatic heterocycles. The number of ether oxygens (including phenoxy) is 1. The number of carboxylic acids is 1. The third-order valence-corrected chi connectivity index (χ3v) is 4.11. The summed E-state index contributed by atoms with van der Waals surface area (Å²) in [6.45, 7) is 0.351. The Morgan fingerprint density at radius 2 is 1.86 bits per heavy atom. The van der Waals surface area contributed by atoms with Crippen LogP contribution in [0.4, 0.5) is 0 Å². The lowest BCUT2D eigenvalue weighted by molar-refractivity contribution is -0.136. The molecule has 21 heavy (non-hydrogen) atoms. The molecule has 3 N–H and O–H groups in total. The second-order valence-electron chi connectivity index (χ2n) is 4.27. The molecule has 1 aromatic rings. The predicted molar refractivity (Wildman–Crippen MR) is 75.5 cm³/mol. The first-order chi connectivity index (χ1) is 9.95. The van der Waals surface area contributed by atoms with E-state index in [1.165, 1.54) is 12.1 Å². The van der Waals surface area contributed by atoms with Crippen LogP contribution >= 0.6 is 0 Å². The lowest BCUT2D eigenvalue weighted by Gasteiger charge is -2.08. The third-order valence-electron chi connectivity index (χ3n) is 2.64. The Balaban J connectivity index is 2.52. The number of nitrogens with one attached hydrogen (secondary N) is 1. The Labute approximate surface area is 123 Å². The molecule has 0 saturated carbocycles. The molecule has 0 aliphatic heterocycles. The van der Waals surface area contributed by atoms with Crippen LogP contribution in [0, 0.1) is 0 Å². The number of aliphatic hydroxyl groups excluding tert-OH is 1. The number of hydrogen-bond acceptors (Lipinski definition) is 5. The molecule has 0 saturated heterocycles. The Morgan fingerprint density at radius 1 is 1.19 bits per heavy atom. The monoisotopic (exact) mass is 317 g/mol. The number of rotatable bonds is 10. The van der Waals surface area contributed by atoms with E-state index in [1.807, 2.05) is 0 Å².